The van der Waals surface area contributed by atoms with Gasteiger partial charge in [0, 0.05) is 12.6 Å². The molecule has 0 spiro atoms. The lowest BCUT2D eigenvalue weighted by molar-refractivity contribution is -0.0316. The van der Waals surface area contributed by atoms with E-state index < -0.39 is 0 Å². The van der Waals surface area contributed by atoms with E-state index in [1.807, 2.05) is 0 Å². The predicted molar refractivity (Wildman–Crippen MR) is 66.5 cm³/mol. The van der Waals surface area contributed by atoms with Crippen molar-refractivity contribution in [3.63, 3.8) is 0 Å². The first kappa shape index (κ1) is 13.9. The fourth-order valence-electron chi connectivity index (χ4n) is 2.38. The van der Waals surface area contributed by atoms with Crippen LogP contribution in [0.2, 0.25) is 0 Å². The molecule has 0 aromatic heterocycles. The topological polar surface area (TPSA) is 32.7 Å². The summed E-state index contributed by atoms with van der Waals surface area (Å²) in [7, 11) is 0. The number of hydrogen-bond donors (Lipinski definition) is 1. The average Bonchev–Trinajstić information content (AvgIpc) is 2.16. The van der Waals surface area contributed by atoms with Gasteiger partial charge in [0.2, 0.25) is 0 Å². The summed E-state index contributed by atoms with van der Waals surface area (Å²) in [4.78, 5) is 2.37. The number of rotatable bonds is 4. The van der Waals surface area contributed by atoms with E-state index in [1.165, 1.54) is 12.8 Å². The Hall–Kier alpha value is -0.120. The lowest BCUT2D eigenvalue weighted by atomic mass is 9.91. The van der Waals surface area contributed by atoms with Crippen LogP contribution in [0.3, 0.4) is 0 Å². The number of aliphatic hydroxyl groups is 1. The quantitative estimate of drug-likeness (QED) is 0.799. The minimum atomic E-state index is -0.0594. The number of likely N-dealkylation sites (tertiary alicyclic amines) is 1. The zero-order chi connectivity index (χ0) is 12.2. The monoisotopic (exact) mass is 229 g/mol. The molecule has 3 nitrogen and oxygen atoms in total. The Kier molecular flexibility index (Phi) is 5.22. The first-order valence-corrected chi connectivity index (χ1v) is 6.43. The van der Waals surface area contributed by atoms with E-state index in [0.717, 1.165) is 19.7 Å². The fraction of sp³-hybridized carbons (Fsp3) is 1.00. The summed E-state index contributed by atoms with van der Waals surface area (Å²) in [6.45, 7) is 11.5. The SMILES string of the molecule is CC1CCCN(CCOC(C)(C)C)C1CO. The van der Waals surface area contributed by atoms with Gasteiger partial charge in [0.05, 0.1) is 18.8 Å². The molecule has 0 amide bonds. The van der Waals surface area contributed by atoms with Crippen molar-refractivity contribution >= 4 is 0 Å². The maximum atomic E-state index is 9.41. The van der Waals surface area contributed by atoms with Crippen LogP contribution in [0, 0.1) is 5.92 Å². The summed E-state index contributed by atoms with van der Waals surface area (Å²) in [5.74, 6) is 0.605. The molecular weight excluding hydrogens is 202 g/mol. The molecule has 1 N–H and O–H groups in total. The Morgan fingerprint density at radius 2 is 2.06 bits per heavy atom. The molecule has 1 aliphatic rings. The first-order valence-electron chi connectivity index (χ1n) is 6.43. The third-order valence-electron chi connectivity index (χ3n) is 3.33. The third kappa shape index (κ3) is 4.40. The van der Waals surface area contributed by atoms with Gasteiger partial charge in [0.15, 0.2) is 0 Å². The molecule has 1 saturated heterocycles. The number of ether oxygens (including phenoxy) is 1. The summed E-state index contributed by atoms with van der Waals surface area (Å²) in [6, 6.07) is 0.331. The Bertz CT molecular complexity index is 201. The Balaban J connectivity index is 2.34. The van der Waals surface area contributed by atoms with E-state index in [1.54, 1.807) is 0 Å². The van der Waals surface area contributed by atoms with Gasteiger partial charge in [0.1, 0.15) is 0 Å². The summed E-state index contributed by atoms with van der Waals surface area (Å²) in [6.07, 6.45) is 2.48. The number of piperidine rings is 1. The van der Waals surface area contributed by atoms with E-state index in [4.69, 9.17) is 4.74 Å². The highest BCUT2D eigenvalue weighted by Gasteiger charge is 2.27. The van der Waals surface area contributed by atoms with Crippen molar-refractivity contribution in [3.8, 4) is 0 Å². The van der Waals surface area contributed by atoms with Crippen LogP contribution in [0.15, 0.2) is 0 Å². The van der Waals surface area contributed by atoms with Crippen LogP contribution in [0.25, 0.3) is 0 Å². The highest BCUT2D eigenvalue weighted by Crippen LogP contribution is 2.22. The van der Waals surface area contributed by atoms with E-state index in [-0.39, 0.29) is 12.2 Å². The summed E-state index contributed by atoms with van der Waals surface area (Å²) >= 11 is 0. The second-order valence-corrected chi connectivity index (χ2v) is 5.87. The van der Waals surface area contributed by atoms with Crippen molar-refractivity contribution in [3.05, 3.63) is 0 Å². The van der Waals surface area contributed by atoms with Gasteiger partial charge in [-0.05, 0) is 46.1 Å². The van der Waals surface area contributed by atoms with Crippen molar-refractivity contribution in [1.29, 1.82) is 0 Å². The molecule has 1 fully saturated rings. The second-order valence-electron chi connectivity index (χ2n) is 5.87. The van der Waals surface area contributed by atoms with Gasteiger partial charge < -0.3 is 9.84 Å². The molecule has 0 bridgehead atoms. The minimum Gasteiger partial charge on any atom is -0.395 e. The minimum absolute atomic E-state index is 0.0594. The van der Waals surface area contributed by atoms with Crippen molar-refractivity contribution in [1.82, 2.24) is 4.90 Å². The smallest absolute Gasteiger partial charge is 0.0600 e. The normalized spacial score (nSPS) is 28.3. The molecule has 3 heteroatoms. The van der Waals surface area contributed by atoms with Gasteiger partial charge in [-0.15, -0.1) is 0 Å². The van der Waals surface area contributed by atoms with Crippen LogP contribution >= 0.6 is 0 Å². The molecule has 1 aliphatic heterocycles. The van der Waals surface area contributed by atoms with Crippen molar-refractivity contribution in [2.75, 3.05) is 26.3 Å². The molecule has 0 radical (unpaired) electrons. The van der Waals surface area contributed by atoms with Crippen molar-refractivity contribution in [2.45, 2.75) is 52.2 Å². The largest absolute Gasteiger partial charge is 0.395 e. The maximum Gasteiger partial charge on any atom is 0.0600 e. The van der Waals surface area contributed by atoms with Crippen LogP contribution in [0.1, 0.15) is 40.5 Å². The zero-order valence-electron chi connectivity index (χ0n) is 11.2. The van der Waals surface area contributed by atoms with Gasteiger partial charge in [0.25, 0.3) is 0 Å². The number of aliphatic hydroxyl groups excluding tert-OH is 1. The molecule has 96 valence electrons. The second kappa shape index (κ2) is 5.99. The lowest BCUT2D eigenvalue weighted by Gasteiger charge is -2.39. The Morgan fingerprint density at radius 1 is 1.38 bits per heavy atom. The average molecular weight is 229 g/mol. The van der Waals surface area contributed by atoms with Crippen LogP contribution < -0.4 is 0 Å². The Morgan fingerprint density at radius 3 is 2.62 bits per heavy atom. The summed E-state index contributed by atoms with van der Waals surface area (Å²) < 4.78 is 5.74. The van der Waals surface area contributed by atoms with Crippen molar-refractivity contribution < 1.29 is 9.84 Å². The van der Waals surface area contributed by atoms with Gasteiger partial charge >= 0.3 is 0 Å². The van der Waals surface area contributed by atoms with Crippen LogP contribution in [0.5, 0.6) is 0 Å². The molecular formula is C13H27NO2. The molecule has 0 aromatic rings. The maximum absolute atomic E-state index is 9.41. The van der Waals surface area contributed by atoms with Crippen LogP contribution in [-0.2, 0) is 4.74 Å². The first-order chi connectivity index (χ1) is 7.44. The molecule has 2 unspecified atom stereocenters. The number of hydrogen-bond acceptors (Lipinski definition) is 3. The van der Waals surface area contributed by atoms with E-state index >= 15 is 0 Å². The molecule has 0 aromatic carbocycles. The fourth-order valence-corrected chi connectivity index (χ4v) is 2.38. The third-order valence-corrected chi connectivity index (χ3v) is 3.33. The van der Waals surface area contributed by atoms with Gasteiger partial charge in [-0.25, -0.2) is 0 Å². The molecule has 16 heavy (non-hydrogen) atoms. The zero-order valence-corrected chi connectivity index (χ0v) is 11.2. The Labute approximate surface area is 99.8 Å². The molecule has 2 atom stereocenters. The highest BCUT2D eigenvalue weighted by atomic mass is 16.5. The highest BCUT2D eigenvalue weighted by molar-refractivity contribution is 4.81. The van der Waals surface area contributed by atoms with Gasteiger partial charge in [-0.1, -0.05) is 6.92 Å². The summed E-state index contributed by atoms with van der Waals surface area (Å²) in [5.41, 5.74) is -0.0594. The predicted octanol–water partition coefficient (Wildman–Crippen LogP) is 1.89. The van der Waals surface area contributed by atoms with Gasteiger partial charge in [-0.2, -0.15) is 0 Å². The molecule has 0 saturated carbocycles. The molecule has 1 rings (SSSR count). The van der Waals surface area contributed by atoms with Crippen LogP contribution in [-0.4, -0.2) is 48.0 Å². The van der Waals surface area contributed by atoms with E-state index in [0.29, 0.717) is 12.0 Å². The van der Waals surface area contributed by atoms with E-state index in [9.17, 15) is 5.11 Å². The van der Waals surface area contributed by atoms with Gasteiger partial charge in [-0.3, -0.25) is 4.90 Å². The van der Waals surface area contributed by atoms with Crippen LogP contribution in [0.4, 0.5) is 0 Å². The number of nitrogens with zero attached hydrogens (tertiary/aromatic N) is 1. The lowest BCUT2D eigenvalue weighted by Crippen LogP contribution is -2.48. The molecule has 0 aliphatic carbocycles. The standard InChI is InChI=1S/C13H27NO2/c1-11-6-5-7-14(12(11)10-15)8-9-16-13(2,3)4/h11-12,15H,5-10H2,1-4H3. The van der Waals surface area contributed by atoms with Crippen molar-refractivity contribution in [2.24, 2.45) is 5.92 Å². The molecule has 1 heterocycles. The van der Waals surface area contributed by atoms with E-state index in [2.05, 4.69) is 32.6 Å². The summed E-state index contributed by atoms with van der Waals surface area (Å²) in [5, 5.41) is 9.41.